The maximum atomic E-state index is 12.1. The quantitative estimate of drug-likeness (QED) is 0.820. The van der Waals surface area contributed by atoms with Crippen molar-refractivity contribution < 1.29 is 8.42 Å². The highest BCUT2D eigenvalue weighted by Gasteiger charge is 2.27. The van der Waals surface area contributed by atoms with Crippen molar-refractivity contribution in [1.82, 2.24) is 0 Å². The highest BCUT2D eigenvalue weighted by molar-refractivity contribution is 7.95. The molecule has 3 N–H and O–H groups in total. The SMILES string of the molecule is CCC(C(N)=S)S(=O)(=O)Nc1cccc(C)c1Cl. The minimum atomic E-state index is -3.66. The van der Waals surface area contributed by atoms with E-state index in [0.717, 1.165) is 5.56 Å². The van der Waals surface area contributed by atoms with Crippen LogP contribution in [0.15, 0.2) is 18.2 Å². The van der Waals surface area contributed by atoms with Gasteiger partial charge in [-0.2, -0.15) is 0 Å². The highest BCUT2D eigenvalue weighted by Crippen LogP contribution is 2.27. The summed E-state index contributed by atoms with van der Waals surface area (Å²) in [6.45, 7) is 3.51. The van der Waals surface area contributed by atoms with Crippen molar-refractivity contribution in [1.29, 1.82) is 0 Å². The van der Waals surface area contributed by atoms with Crippen molar-refractivity contribution in [2.24, 2.45) is 5.73 Å². The summed E-state index contributed by atoms with van der Waals surface area (Å²) in [6, 6.07) is 5.12. The molecule has 1 aromatic carbocycles. The van der Waals surface area contributed by atoms with E-state index in [1.807, 2.05) is 0 Å². The van der Waals surface area contributed by atoms with Gasteiger partial charge in [0, 0.05) is 0 Å². The summed E-state index contributed by atoms with van der Waals surface area (Å²) >= 11 is 10.8. The second-order valence-electron chi connectivity index (χ2n) is 3.88. The number of anilines is 1. The Kier molecular flexibility index (Phi) is 4.95. The molecule has 0 bridgehead atoms. The Morgan fingerprint density at radius 2 is 2.17 bits per heavy atom. The van der Waals surface area contributed by atoms with E-state index < -0.39 is 15.3 Å². The molecule has 1 atom stereocenters. The number of sulfonamides is 1. The topological polar surface area (TPSA) is 72.2 Å². The highest BCUT2D eigenvalue weighted by atomic mass is 35.5. The Morgan fingerprint density at radius 3 is 2.67 bits per heavy atom. The van der Waals surface area contributed by atoms with E-state index in [4.69, 9.17) is 29.6 Å². The Labute approximate surface area is 118 Å². The number of rotatable bonds is 5. The van der Waals surface area contributed by atoms with Gasteiger partial charge in [-0.15, -0.1) is 0 Å². The number of nitrogens with two attached hydrogens (primary N) is 1. The minimum Gasteiger partial charge on any atom is -0.392 e. The predicted octanol–water partition coefficient (Wildman–Crippen LogP) is 2.45. The van der Waals surface area contributed by atoms with Gasteiger partial charge in [0.05, 0.1) is 15.7 Å². The number of aryl methyl sites for hydroxylation is 1. The lowest BCUT2D eigenvalue weighted by molar-refractivity contribution is 0.594. The molecule has 18 heavy (non-hydrogen) atoms. The molecule has 0 aromatic heterocycles. The summed E-state index contributed by atoms with van der Waals surface area (Å²) in [5, 5.41) is -0.525. The number of nitrogens with one attached hydrogen (secondary N) is 1. The van der Waals surface area contributed by atoms with Crippen LogP contribution in [0.3, 0.4) is 0 Å². The summed E-state index contributed by atoms with van der Waals surface area (Å²) < 4.78 is 26.6. The van der Waals surface area contributed by atoms with Crippen LogP contribution in [0.1, 0.15) is 18.9 Å². The van der Waals surface area contributed by atoms with Crippen LogP contribution >= 0.6 is 23.8 Å². The summed E-state index contributed by atoms with van der Waals surface area (Å²) in [4.78, 5) is -0.0474. The normalized spacial score (nSPS) is 13.1. The molecule has 0 radical (unpaired) electrons. The lowest BCUT2D eigenvalue weighted by Gasteiger charge is -2.17. The molecule has 0 aliphatic heterocycles. The van der Waals surface area contributed by atoms with Crippen molar-refractivity contribution in [3.05, 3.63) is 28.8 Å². The Balaban J connectivity index is 3.10. The van der Waals surface area contributed by atoms with Crippen molar-refractivity contribution in [3.63, 3.8) is 0 Å². The molecule has 100 valence electrons. The average Bonchev–Trinajstić information content (AvgIpc) is 2.24. The van der Waals surface area contributed by atoms with Crippen molar-refractivity contribution in [2.45, 2.75) is 25.5 Å². The number of halogens is 1. The number of benzene rings is 1. The van der Waals surface area contributed by atoms with E-state index in [-0.39, 0.29) is 4.99 Å². The fourth-order valence-corrected chi connectivity index (χ4v) is 3.66. The van der Waals surface area contributed by atoms with Gasteiger partial charge >= 0.3 is 0 Å². The third-order valence-electron chi connectivity index (χ3n) is 2.51. The smallest absolute Gasteiger partial charge is 0.242 e. The zero-order valence-corrected chi connectivity index (χ0v) is 12.5. The van der Waals surface area contributed by atoms with Crippen LogP contribution < -0.4 is 10.5 Å². The van der Waals surface area contributed by atoms with Crippen LogP contribution in [0, 0.1) is 6.92 Å². The van der Waals surface area contributed by atoms with E-state index >= 15 is 0 Å². The molecule has 0 saturated carbocycles. The van der Waals surface area contributed by atoms with E-state index in [1.165, 1.54) is 0 Å². The standard InChI is InChI=1S/C11H15ClN2O2S2/c1-3-9(11(13)17)18(15,16)14-8-6-4-5-7(2)10(8)12/h4-6,9,14H,3H2,1-2H3,(H2,13,17). The van der Waals surface area contributed by atoms with E-state index in [9.17, 15) is 8.42 Å². The Hall–Kier alpha value is -0.850. The Bertz CT molecular complexity index is 558. The second kappa shape index (κ2) is 5.86. The van der Waals surface area contributed by atoms with Crippen molar-refractivity contribution >= 4 is 44.5 Å². The second-order valence-corrected chi connectivity index (χ2v) is 6.60. The first-order valence-electron chi connectivity index (χ1n) is 5.35. The summed E-state index contributed by atoms with van der Waals surface area (Å²) in [5.74, 6) is 0. The molecule has 1 unspecified atom stereocenters. The van der Waals surface area contributed by atoms with Crippen molar-refractivity contribution in [3.8, 4) is 0 Å². The average molecular weight is 307 g/mol. The molecule has 0 spiro atoms. The van der Waals surface area contributed by atoms with Crippen LogP contribution in [-0.4, -0.2) is 18.7 Å². The maximum Gasteiger partial charge on any atom is 0.242 e. The number of thiocarbonyl (C=S) groups is 1. The zero-order valence-electron chi connectivity index (χ0n) is 10.1. The number of hydrogen-bond donors (Lipinski definition) is 2. The lowest BCUT2D eigenvalue weighted by Crippen LogP contribution is -2.37. The molecule has 1 rings (SSSR count). The molecule has 0 amide bonds. The molecule has 0 saturated heterocycles. The van der Waals surface area contributed by atoms with Gasteiger partial charge in [-0.1, -0.05) is 42.9 Å². The van der Waals surface area contributed by atoms with Gasteiger partial charge in [0.1, 0.15) is 5.25 Å². The molecule has 7 heteroatoms. The van der Waals surface area contributed by atoms with Gasteiger partial charge in [-0.3, -0.25) is 4.72 Å². The van der Waals surface area contributed by atoms with Crippen LogP contribution in [0.4, 0.5) is 5.69 Å². The van der Waals surface area contributed by atoms with Gasteiger partial charge < -0.3 is 5.73 Å². The van der Waals surface area contributed by atoms with Crippen LogP contribution in [0.25, 0.3) is 0 Å². The van der Waals surface area contributed by atoms with Crippen LogP contribution in [-0.2, 0) is 10.0 Å². The molecular formula is C11H15ClN2O2S2. The molecule has 4 nitrogen and oxygen atoms in total. The van der Waals surface area contributed by atoms with Gasteiger partial charge in [0.25, 0.3) is 0 Å². The first-order chi connectivity index (χ1) is 8.29. The fraction of sp³-hybridized carbons (Fsp3) is 0.364. The summed E-state index contributed by atoms with van der Waals surface area (Å²) in [6.07, 6.45) is 0.314. The molecule has 0 aliphatic rings. The Morgan fingerprint density at radius 1 is 1.56 bits per heavy atom. The molecule has 0 fully saturated rings. The van der Waals surface area contributed by atoms with Gasteiger partial charge in [0.2, 0.25) is 10.0 Å². The fourth-order valence-electron chi connectivity index (χ4n) is 1.52. The first-order valence-corrected chi connectivity index (χ1v) is 7.69. The minimum absolute atomic E-state index is 0.0474. The largest absolute Gasteiger partial charge is 0.392 e. The third-order valence-corrected chi connectivity index (χ3v) is 5.28. The van der Waals surface area contributed by atoms with Crippen LogP contribution in [0.2, 0.25) is 5.02 Å². The summed E-state index contributed by atoms with van der Waals surface area (Å²) in [7, 11) is -3.66. The molecule has 0 heterocycles. The monoisotopic (exact) mass is 306 g/mol. The predicted molar refractivity (Wildman–Crippen MR) is 79.6 cm³/mol. The van der Waals surface area contributed by atoms with Gasteiger partial charge in [-0.25, -0.2) is 8.42 Å². The summed E-state index contributed by atoms with van der Waals surface area (Å²) in [5.41, 5.74) is 6.57. The van der Waals surface area contributed by atoms with E-state index in [0.29, 0.717) is 17.1 Å². The van der Waals surface area contributed by atoms with E-state index in [1.54, 1.807) is 32.0 Å². The lowest BCUT2D eigenvalue weighted by atomic mass is 10.2. The van der Waals surface area contributed by atoms with Crippen LogP contribution in [0.5, 0.6) is 0 Å². The number of hydrogen-bond acceptors (Lipinski definition) is 3. The third kappa shape index (κ3) is 3.34. The molecule has 0 aliphatic carbocycles. The maximum absolute atomic E-state index is 12.1. The van der Waals surface area contributed by atoms with E-state index in [2.05, 4.69) is 4.72 Å². The van der Waals surface area contributed by atoms with Crippen molar-refractivity contribution in [2.75, 3.05) is 4.72 Å². The van der Waals surface area contributed by atoms with Gasteiger partial charge in [0.15, 0.2) is 0 Å². The molecule has 1 aromatic rings. The first kappa shape index (κ1) is 15.2. The zero-order chi connectivity index (χ0) is 13.9. The molecular weight excluding hydrogens is 292 g/mol. The van der Waals surface area contributed by atoms with Gasteiger partial charge in [-0.05, 0) is 25.0 Å².